The summed E-state index contributed by atoms with van der Waals surface area (Å²) in [7, 11) is 0. The Labute approximate surface area is 79.9 Å². The van der Waals surface area contributed by atoms with E-state index in [1.165, 1.54) is 6.21 Å². The first-order valence-electron chi connectivity index (χ1n) is 3.97. The first-order valence-corrected chi connectivity index (χ1v) is 3.97. The summed E-state index contributed by atoms with van der Waals surface area (Å²) in [5, 5.41) is 13.1. The number of nitrogens with zero attached hydrogens (tertiary/aromatic N) is 3. The quantitative estimate of drug-likeness (QED) is 0.688. The zero-order valence-electron chi connectivity index (χ0n) is 7.16. The summed E-state index contributed by atoms with van der Waals surface area (Å²) in [6.07, 6.45) is 2.38. The van der Waals surface area contributed by atoms with Crippen molar-refractivity contribution in [2.75, 3.05) is 5.06 Å². The van der Waals surface area contributed by atoms with Crippen LogP contribution in [0.3, 0.4) is 0 Å². The molecule has 0 fully saturated rings. The first-order chi connectivity index (χ1) is 6.83. The van der Waals surface area contributed by atoms with Crippen molar-refractivity contribution < 1.29 is 5.21 Å². The number of aliphatic imine (C=N–C) groups is 1. The van der Waals surface area contributed by atoms with Crippen LogP contribution in [0.4, 0.5) is 11.4 Å². The van der Waals surface area contributed by atoms with Crippen LogP contribution in [-0.2, 0) is 0 Å². The Hall–Kier alpha value is -2.01. The second-order valence-corrected chi connectivity index (χ2v) is 2.72. The second-order valence-electron chi connectivity index (χ2n) is 2.72. The number of benzene rings is 1. The number of rotatable bonds is 1. The molecule has 0 saturated carbocycles. The minimum Gasteiger partial charge on any atom is -0.283 e. The Kier molecular flexibility index (Phi) is 2.08. The van der Waals surface area contributed by atoms with Crippen LogP contribution in [0.1, 0.15) is 0 Å². The summed E-state index contributed by atoms with van der Waals surface area (Å²) >= 11 is 0. The van der Waals surface area contributed by atoms with E-state index in [0.29, 0.717) is 11.4 Å². The summed E-state index contributed by atoms with van der Waals surface area (Å²) in [5.74, 6) is 0. The lowest BCUT2D eigenvalue weighted by Gasteiger charge is -2.21. The molecule has 1 aromatic carbocycles. The van der Waals surface area contributed by atoms with Crippen LogP contribution in [0.5, 0.6) is 0 Å². The van der Waals surface area contributed by atoms with Gasteiger partial charge in [-0.05, 0) is 17.3 Å². The number of hydrogen-bond acceptors (Lipinski definition) is 5. The van der Waals surface area contributed by atoms with E-state index >= 15 is 0 Å². The van der Waals surface area contributed by atoms with E-state index in [-0.39, 0.29) is 5.70 Å². The fourth-order valence-corrected chi connectivity index (χ4v) is 1.22. The Balaban J connectivity index is 2.49. The standard InChI is InChI=1S/C9H7N3O2/c13-11-6-7-5-10-8-3-1-2-4-9(8)12(7)14/h1-6,14H/b7-6-. The smallest absolute Gasteiger partial charge is 0.109 e. The largest absolute Gasteiger partial charge is 0.283 e. The maximum atomic E-state index is 10.0. The van der Waals surface area contributed by atoms with Crippen LogP contribution in [0, 0.1) is 4.91 Å². The van der Waals surface area contributed by atoms with Crippen molar-refractivity contribution in [2.24, 2.45) is 10.2 Å². The maximum absolute atomic E-state index is 10.0. The van der Waals surface area contributed by atoms with Crippen LogP contribution in [-0.4, -0.2) is 11.4 Å². The molecular formula is C9H7N3O2. The molecule has 70 valence electrons. The summed E-state index contributed by atoms with van der Waals surface area (Å²) in [5.41, 5.74) is 1.43. The molecule has 5 heteroatoms. The topological polar surface area (TPSA) is 65.3 Å². The lowest BCUT2D eigenvalue weighted by molar-refractivity contribution is 0.289. The minimum absolute atomic E-state index is 0.249. The van der Waals surface area contributed by atoms with Gasteiger partial charge in [-0.3, -0.25) is 10.2 Å². The average molecular weight is 189 g/mol. The van der Waals surface area contributed by atoms with Gasteiger partial charge in [0.15, 0.2) is 0 Å². The summed E-state index contributed by atoms with van der Waals surface area (Å²) < 4.78 is 0. The first kappa shape index (κ1) is 8.58. The van der Waals surface area contributed by atoms with Crippen LogP contribution in [0.15, 0.2) is 46.3 Å². The van der Waals surface area contributed by atoms with Crippen molar-refractivity contribution in [3.05, 3.63) is 41.1 Å². The van der Waals surface area contributed by atoms with Gasteiger partial charge in [-0.2, -0.15) is 0 Å². The molecule has 1 aromatic rings. The van der Waals surface area contributed by atoms with Crippen molar-refractivity contribution in [1.29, 1.82) is 0 Å². The fourth-order valence-electron chi connectivity index (χ4n) is 1.22. The van der Waals surface area contributed by atoms with Crippen LogP contribution in [0.2, 0.25) is 0 Å². The normalized spacial score (nSPS) is 16.9. The summed E-state index contributed by atoms with van der Waals surface area (Å²) in [4.78, 5) is 14.1. The summed E-state index contributed by atoms with van der Waals surface area (Å²) in [6, 6.07) is 7.05. The van der Waals surface area contributed by atoms with Crippen molar-refractivity contribution in [3.63, 3.8) is 0 Å². The highest BCUT2D eigenvalue weighted by Gasteiger charge is 2.15. The molecule has 0 aliphatic carbocycles. The Morgan fingerprint density at radius 1 is 1.43 bits per heavy atom. The molecule has 0 saturated heterocycles. The maximum Gasteiger partial charge on any atom is 0.109 e. The molecule has 1 aliphatic heterocycles. The molecule has 0 unspecified atom stereocenters. The van der Waals surface area contributed by atoms with Gasteiger partial charge in [0.05, 0.1) is 23.8 Å². The molecule has 1 heterocycles. The lowest BCUT2D eigenvalue weighted by atomic mass is 10.2. The van der Waals surface area contributed by atoms with Crippen molar-refractivity contribution >= 4 is 17.6 Å². The van der Waals surface area contributed by atoms with Gasteiger partial charge in [0.25, 0.3) is 0 Å². The number of hydroxylamine groups is 1. The van der Waals surface area contributed by atoms with Crippen LogP contribution >= 0.6 is 0 Å². The van der Waals surface area contributed by atoms with Gasteiger partial charge in [-0.25, -0.2) is 5.06 Å². The van der Waals surface area contributed by atoms with E-state index in [1.807, 2.05) is 6.07 Å². The molecular weight excluding hydrogens is 182 g/mol. The molecule has 1 N–H and O–H groups in total. The highest BCUT2D eigenvalue weighted by Crippen LogP contribution is 2.32. The molecule has 5 nitrogen and oxygen atoms in total. The van der Waals surface area contributed by atoms with Gasteiger partial charge in [0, 0.05) is 0 Å². The van der Waals surface area contributed by atoms with Gasteiger partial charge in [0.1, 0.15) is 5.70 Å². The third-order valence-corrected chi connectivity index (χ3v) is 1.88. The number of para-hydroxylation sites is 2. The molecule has 1 aliphatic rings. The van der Waals surface area contributed by atoms with Crippen molar-refractivity contribution in [3.8, 4) is 0 Å². The average Bonchev–Trinajstić information content (AvgIpc) is 2.23. The Bertz CT molecular complexity index is 426. The minimum atomic E-state index is 0.249. The van der Waals surface area contributed by atoms with Crippen LogP contribution in [0.25, 0.3) is 0 Å². The van der Waals surface area contributed by atoms with Crippen molar-refractivity contribution in [1.82, 2.24) is 0 Å². The highest BCUT2D eigenvalue weighted by molar-refractivity contribution is 5.92. The molecule has 0 bridgehead atoms. The summed E-state index contributed by atoms with van der Waals surface area (Å²) in [6.45, 7) is 0. The van der Waals surface area contributed by atoms with E-state index in [1.54, 1.807) is 18.2 Å². The number of allylic oxidation sites excluding steroid dienone is 1. The lowest BCUT2D eigenvalue weighted by Crippen LogP contribution is -2.20. The van der Waals surface area contributed by atoms with Crippen molar-refractivity contribution in [2.45, 2.75) is 0 Å². The molecule has 2 rings (SSSR count). The molecule has 0 spiro atoms. The van der Waals surface area contributed by atoms with E-state index in [2.05, 4.69) is 10.2 Å². The number of fused-ring (bicyclic) bond motifs is 1. The predicted molar refractivity (Wildman–Crippen MR) is 52.7 cm³/mol. The third-order valence-electron chi connectivity index (χ3n) is 1.88. The third kappa shape index (κ3) is 1.29. The van der Waals surface area contributed by atoms with E-state index in [9.17, 15) is 10.1 Å². The van der Waals surface area contributed by atoms with Gasteiger partial charge in [0.2, 0.25) is 0 Å². The molecule has 14 heavy (non-hydrogen) atoms. The van der Waals surface area contributed by atoms with Gasteiger partial charge >= 0.3 is 0 Å². The SMILES string of the molecule is O=N/C=C1/C=Nc2ccccc2N1O. The van der Waals surface area contributed by atoms with Gasteiger partial charge in [-0.15, -0.1) is 4.91 Å². The van der Waals surface area contributed by atoms with E-state index < -0.39 is 0 Å². The Morgan fingerprint density at radius 3 is 3.00 bits per heavy atom. The zero-order chi connectivity index (χ0) is 9.97. The molecule has 0 atom stereocenters. The monoisotopic (exact) mass is 189 g/mol. The van der Waals surface area contributed by atoms with Gasteiger partial charge in [-0.1, -0.05) is 12.1 Å². The molecule has 0 aromatic heterocycles. The zero-order valence-corrected chi connectivity index (χ0v) is 7.16. The number of anilines is 1. The second kappa shape index (κ2) is 3.39. The van der Waals surface area contributed by atoms with Gasteiger partial charge < -0.3 is 0 Å². The molecule has 0 radical (unpaired) electrons. The van der Waals surface area contributed by atoms with Crippen LogP contribution < -0.4 is 5.06 Å². The van der Waals surface area contributed by atoms with E-state index in [0.717, 1.165) is 11.3 Å². The Morgan fingerprint density at radius 2 is 2.21 bits per heavy atom. The number of nitroso groups, excluding NO2 is 1. The highest BCUT2D eigenvalue weighted by atomic mass is 16.5. The molecule has 0 amide bonds. The number of hydrogen-bond donors (Lipinski definition) is 1. The fraction of sp³-hybridized carbons (Fsp3) is 0. The van der Waals surface area contributed by atoms with E-state index in [4.69, 9.17) is 0 Å². The predicted octanol–water partition coefficient (Wildman–Crippen LogP) is 2.21.